The minimum Gasteiger partial charge on any atom is -0.467 e. The lowest BCUT2D eigenvalue weighted by atomic mass is 9.74. The molecule has 7 heteroatoms. The summed E-state index contributed by atoms with van der Waals surface area (Å²) in [6, 6.07) is 14.5. The molecule has 0 amide bonds. The van der Waals surface area contributed by atoms with Crippen LogP contribution in [0.4, 0.5) is 0 Å². The fraction of sp³-hybridized carbons (Fsp3) is 0.500. The molecule has 1 aliphatic rings. The van der Waals surface area contributed by atoms with Gasteiger partial charge in [-0.3, -0.25) is 4.99 Å². The van der Waals surface area contributed by atoms with Gasteiger partial charge < -0.3 is 24.5 Å². The number of ether oxygens (including phenoxy) is 2. The predicted octanol–water partition coefficient (Wildman–Crippen LogP) is 3.72. The highest BCUT2D eigenvalue weighted by Gasteiger charge is 2.34. The third kappa shape index (κ3) is 7.31. The number of nitrogens with zero attached hydrogens (tertiary/aromatic N) is 1. The molecule has 1 aromatic heterocycles. The average molecular weight is 513 g/mol. The number of hydrogen-bond donors (Lipinski definition) is 2. The molecule has 0 bridgehead atoms. The second kappa shape index (κ2) is 12.9. The van der Waals surface area contributed by atoms with E-state index in [1.165, 1.54) is 5.56 Å². The van der Waals surface area contributed by atoms with E-state index < -0.39 is 0 Å². The van der Waals surface area contributed by atoms with Crippen LogP contribution in [0.15, 0.2) is 58.1 Å². The molecule has 1 fully saturated rings. The standard InChI is InChI=1S/C22H31N3O3.HI/c1-23-21(24-12-6-13-27-17-20-9-5-14-28-20)25-18-22(10-15-26-16-11-22)19-7-3-2-4-8-19;/h2-5,7-9,14H,6,10-13,15-18H2,1H3,(H2,23,24,25);1H. The summed E-state index contributed by atoms with van der Waals surface area (Å²) < 4.78 is 16.5. The minimum absolute atomic E-state index is 0. The maximum Gasteiger partial charge on any atom is 0.191 e. The Bertz CT molecular complexity index is 701. The highest BCUT2D eigenvalue weighted by atomic mass is 127. The molecule has 0 spiro atoms. The summed E-state index contributed by atoms with van der Waals surface area (Å²) in [4.78, 5) is 4.36. The van der Waals surface area contributed by atoms with E-state index in [2.05, 4.69) is 46.0 Å². The van der Waals surface area contributed by atoms with Gasteiger partial charge in [-0.2, -0.15) is 0 Å². The smallest absolute Gasteiger partial charge is 0.191 e. The highest BCUT2D eigenvalue weighted by molar-refractivity contribution is 14.0. The van der Waals surface area contributed by atoms with Crippen LogP contribution in [0.25, 0.3) is 0 Å². The quantitative estimate of drug-likeness (QED) is 0.232. The summed E-state index contributed by atoms with van der Waals surface area (Å²) in [7, 11) is 1.81. The topological polar surface area (TPSA) is 68.0 Å². The number of furan rings is 1. The van der Waals surface area contributed by atoms with E-state index in [9.17, 15) is 0 Å². The fourth-order valence-electron chi connectivity index (χ4n) is 3.54. The van der Waals surface area contributed by atoms with Gasteiger partial charge >= 0.3 is 0 Å². The Kier molecular flexibility index (Phi) is 10.5. The van der Waals surface area contributed by atoms with Crippen molar-refractivity contribution in [1.29, 1.82) is 0 Å². The van der Waals surface area contributed by atoms with Crippen LogP contribution in [0.2, 0.25) is 0 Å². The Labute approximate surface area is 190 Å². The van der Waals surface area contributed by atoms with Gasteiger partial charge in [0.1, 0.15) is 12.4 Å². The lowest BCUT2D eigenvalue weighted by Gasteiger charge is -2.38. The number of guanidine groups is 1. The largest absolute Gasteiger partial charge is 0.467 e. The number of aliphatic imine (C=N–C) groups is 1. The van der Waals surface area contributed by atoms with Gasteiger partial charge in [-0.25, -0.2) is 0 Å². The summed E-state index contributed by atoms with van der Waals surface area (Å²) in [6.45, 7) is 4.44. The molecule has 2 heterocycles. The molecule has 1 aromatic carbocycles. The van der Waals surface area contributed by atoms with E-state index in [4.69, 9.17) is 13.9 Å². The molecule has 0 atom stereocenters. The van der Waals surface area contributed by atoms with Gasteiger partial charge in [0.05, 0.1) is 6.26 Å². The summed E-state index contributed by atoms with van der Waals surface area (Å²) >= 11 is 0. The van der Waals surface area contributed by atoms with Crippen molar-refractivity contribution in [2.75, 3.05) is 40.0 Å². The van der Waals surface area contributed by atoms with Crippen molar-refractivity contribution < 1.29 is 13.9 Å². The van der Waals surface area contributed by atoms with Crippen molar-refractivity contribution in [2.24, 2.45) is 4.99 Å². The summed E-state index contributed by atoms with van der Waals surface area (Å²) in [5.41, 5.74) is 1.45. The van der Waals surface area contributed by atoms with Crippen LogP contribution in [0.3, 0.4) is 0 Å². The molecule has 0 unspecified atom stereocenters. The third-order valence-electron chi connectivity index (χ3n) is 5.24. The Balaban J connectivity index is 0.00000300. The molecular formula is C22H32IN3O3. The Morgan fingerprint density at radius 3 is 2.59 bits per heavy atom. The molecular weight excluding hydrogens is 481 g/mol. The van der Waals surface area contributed by atoms with Crippen molar-refractivity contribution >= 4 is 29.9 Å². The van der Waals surface area contributed by atoms with Gasteiger partial charge in [-0.15, -0.1) is 24.0 Å². The third-order valence-corrected chi connectivity index (χ3v) is 5.24. The van der Waals surface area contributed by atoms with Gasteiger partial charge in [-0.05, 0) is 37.0 Å². The summed E-state index contributed by atoms with van der Waals surface area (Å²) in [5.74, 6) is 1.68. The first kappa shape index (κ1) is 23.7. The highest BCUT2D eigenvalue weighted by Crippen LogP contribution is 2.34. The molecule has 6 nitrogen and oxygen atoms in total. The van der Waals surface area contributed by atoms with Crippen LogP contribution < -0.4 is 10.6 Å². The number of benzene rings is 1. The molecule has 0 radical (unpaired) electrons. The van der Waals surface area contributed by atoms with Gasteiger partial charge in [0.2, 0.25) is 0 Å². The number of nitrogens with one attached hydrogen (secondary N) is 2. The normalized spacial score (nSPS) is 16.1. The molecule has 1 saturated heterocycles. The lowest BCUT2D eigenvalue weighted by molar-refractivity contribution is 0.0514. The first-order chi connectivity index (χ1) is 13.8. The predicted molar refractivity (Wildman–Crippen MR) is 126 cm³/mol. The fourth-order valence-corrected chi connectivity index (χ4v) is 3.54. The second-order valence-corrected chi connectivity index (χ2v) is 7.10. The van der Waals surface area contributed by atoms with Gasteiger partial charge in [0.15, 0.2) is 5.96 Å². The Morgan fingerprint density at radius 2 is 1.90 bits per heavy atom. The SMILES string of the molecule is CN=C(NCCCOCc1ccco1)NCC1(c2ccccc2)CCOCC1.I. The average Bonchev–Trinajstić information content (AvgIpc) is 3.27. The number of hydrogen-bond acceptors (Lipinski definition) is 4. The van der Waals surface area contributed by atoms with Crippen LogP contribution in [0, 0.1) is 0 Å². The van der Waals surface area contributed by atoms with Gasteiger partial charge in [0.25, 0.3) is 0 Å². The van der Waals surface area contributed by atoms with Gasteiger partial charge in [0, 0.05) is 45.4 Å². The van der Waals surface area contributed by atoms with E-state index in [-0.39, 0.29) is 29.4 Å². The van der Waals surface area contributed by atoms with E-state index in [0.29, 0.717) is 13.2 Å². The van der Waals surface area contributed by atoms with Crippen molar-refractivity contribution in [2.45, 2.75) is 31.3 Å². The van der Waals surface area contributed by atoms with Crippen molar-refractivity contribution in [3.63, 3.8) is 0 Å². The van der Waals surface area contributed by atoms with Gasteiger partial charge in [-0.1, -0.05) is 30.3 Å². The number of halogens is 1. The maximum absolute atomic E-state index is 5.61. The van der Waals surface area contributed by atoms with Crippen LogP contribution in [0.1, 0.15) is 30.6 Å². The molecule has 3 rings (SSSR count). The summed E-state index contributed by atoms with van der Waals surface area (Å²) in [6.07, 6.45) is 4.60. The van der Waals surface area contributed by atoms with Crippen LogP contribution >= 0.6 is 24.0 Å². The Hall–Kier alpha value is -1.58. The molecule has 29 heavy (non-hydrogen) atoms. The molecule has 1 aliphatic heterocycles. The van der Waals surface area contributed by atoms with Crippen molar-refractivity contribution in [3.05, 3.63) is 60.1 Å². The first-order valence-electron chi connectivity index (χ1n) is 10.0. The van der Waals surface area contributed by atoms with Crippen LogP contribution in [0.5, 0.6) is 0 Å². The first-order valence-corrected chi connectivity index (χ1v) is 10.0. The van der Waals surface area contributed by atoms with Crippen LogP contribution in [-0.2, 0) is 21.5 Å². The van der Waals surface area contributed by atoms with Crippen molar-refractivity contribution in [3.8, 4) is 0 Å². The second-order valence-electron chi connectivity index (χ2n) is 7.10. The van der Waals surface area contributed by atoms with E-state index in [1.54, 1.807) is 6.26 Å². The molecule has 2 N–H and O–H groups in total. The molecule has 2 aromatic rings. The zero-order valence-corrected chi connectivity index (χ0v) is 19.4. The zero-order chi connectivity index (χ0) is 19.5. The maximum atomic E-state index is 5.61. The zero-order valence-electron chi connectivity index (χ0n) is 17.1. The van der Waals surface area contributed by atoms with Crippen LogP contribution in [-0.4, -0.2) is 45.9 Å². The van der Waals surface area contributed by atoms with E-state index in [1.807, 2.05) is 19.2 Å². The summed E-state index contributed by atoms with van der Waals surface area (Å²) in [5, 5.41) is 6.89. The lowest BCUT2D eigenvalue weighted by Crippen LogP contribution is -2.48. The monoisotopic (exact) mass is 513 g/mol. The van der Waals surface area contributed by atoms with E-state index in [0.717, 1.165) is 57.3 Å². The Morgan fingerprint density at radius 1 is 1.10 bits per heavy atom. The minimum atomic E-state index is 0. The molecule has 160 valence electrons. The molecule has 0 aliphatic carbocycles. The van der Waals surface area contributed by atoms with E-state index >= 15 is 0 Å². The molecule has 0 saturated carbocycles. The number of rotatable bonds is 9. The van der Waals surface area contributed by atoms with Crippen molar-refractivity contribution in [1.82, 2.24) is 10.6 Å².